The summed E-state index contributed by atoms with van der Waals surface area (Å²) in [5.74, 6) is -0.177. The van der Waals surface area contributed by atoms with Crippen LogP contribution in [0.4, 0.5) is 5.13 Å². The molecule has 0 saturated carbocycles. The van der Waals surface area contributed by atoms with Crippen LogP contribution in [0.5, 0.6) is 0 Å². The molecule has 0 spiro atoms. The van der Waals surface area contributed by atoms with Crippen molar-refractivity contribution in [3.05, 3.63) is 39.9 Å². The number of aromatic nitrogens is 1. The summed E-state index contributed by atoms with van der Waals surface area (Å²) in [6.07, 6.45) is 1.73. The minimum absolute atomic E-state index is 0.177. The number of nitrogens with zero attached hydrogens (tertiary/aromatic N) is 2. The molecule has 3 heterocycles. The van der Waals surface area contributed by atoms with E-state index < -0.39 is 16.1 Å². The predicted octanol–water partition coefficient (Wildman–Crippen LogP) is 2.62. The van der Waals surface area contributed by atoms with E-state index in [4.69, 9.17) is 4.74 Å². The molecule has 1 N–H and O–H groups in total. The number of hydrogen-bond donors (Lipinski definition) is 1. The molecule has 4 rings (SSSR count). The molecule has 0 aliphatic carbocycles. The van der Waals surface area contributed by atoms with Gasteiger partial charge in [0.2, 0.25) is 10.0 Å². The average molecular weight is 422 g/mol. The highest BCUT2D eigenvalue weighted by Crippen LogP contribution is 2.32. The van der Waals surface area contributed by atoms with Crippen molar-refractivity contribution in [1.82, 2.24) is 9.29 Å². The van der Waals surface area contributed by atoms with Crippen LogP contribution >= 0.6 is 11.3 Å². The third kappa shape index (κ3) is 3.71. The Morgan fingerprint density at radius 2 is 2.18 bits per heavy atom. The maximum absolute atomic E-state index is 13.2. The number of hydrogen-bond acceptors (Lipinski definition) is 6. The van der Waals surface area contributed by atoms with Crippen LogP contribution in [0.25, 0.3) is 0 Å². The lowest BCUT2D eigenvalue weighted by atomic mass is 10.2. The molecule has 0 bridgehead atoms. The van der Waals surface area contributed by atoms with E-state index in [0.717, 1.165) is 34.5 Å². The number of benzene rings is 1. The molecule has 1 aromatic heterocycles. The van der Waals surface area contributed by atoms with E-state index in [2.05, 4.69) is 10.3 Å². The Morgan fingerprint density at radius 1 is 1.36 bits per heavy atom. The smallest absolute Gasteiger partial charge is 0.255 e. The van der Waals surface area contributed by atoms with Crippen LogP contribution in [-0.2, 0) is 32.5 Å². The molecule has 1 fully saturated rings. The Kier molecular flexibility index (Phi) is 5.26. The van der Waals surface area contributed by atoms with Crippen molar-refractivity contribution >= 4 is 32.4 Å². The molecule has 0 radical (unpaired) electrons. The van der Waals surface area contributed by atoms with Crippen LogP contribution in [0.1, 0.15) is 34.5 Å². The first-order valence-corrected chi connectivity index (χ1v) is 11.6. The Morgan fingerprint density at radius 3 is 2.93 bits per heavy atom. The summed E-state index contributed by atoms with van der Waals surface area (Å²) in [7, 11) is -3.58. The molecule has 150 valence electrons. The quantitative estimate of drug-likeness (QED) is 0.820. The minimum Gasteiger partial charge on any atom is -0.368 e. The number of amides is 1. The van der Waals surface area contributed by atoms with Gasteiger partial charge in [0.05, 0.1) is 17.1 Å². The lowest BCUT2D eigenvalue weighted by Crippen LogP contribution is -2.35. The summed E-state index contributed by atoms with van der Waals surface area (Å²) in [4.78, 5) is 18.0. The number of anilines is 1. The Bertz CT molecular complexity index is 1010. The molecule has 1 amide bonds. The van der Waals surface area contributed by atoms with E-state index in [-0.39, 0.29) is 12.5 Å². The van der Waals surface area contributed by atoms with Gasteiger partial charge in [0, 0.05) is 24.4 Å². The molecule has 28 heavy (non-hydrogen) atoms. The van der Waals surface area contributed by atoms with Crippen molar-refractivity contribution in [2.45, 2.75) is 50.7 Å². The zero-order valence-corrected chi connectivity index (χ0v) is 17.5. The number of ether oxygens (including phenoxy) is 1. The minimum atomic E-state index is -3.58. The van der Waals surface area contributed by atoms with Crippen LogP contribution in [0, 0.1) is 13.8 Å². The van der Waals surface area contributed by atoms with Crippen molar-refractivity contribution in [1.29, 1.82) is 0 Å². The monoisotopic (exact) mass is 421 g/mol. The maximum Gasteiger partial charge on any atom is 0.255 e. The van der Waals surface area contributed by atoms with Crippen LogP contribution in [0.2, 0.25) is 0 Å². The molecule has 9 heteroatoms. The number of fused-ring (bicyclic) bond motifs is 1. The molecule has 1 unspecified atom stereocenters. The summed E-state index contributed by atoms with van der Waals surface area (Å²) >= 11 is 1.34. The van der Waals surface area contributed by atoms with Crippen molar-refractivity contribution in [2.75, 3.05) is 18.5 Å². The van der Waals surface area contributed by atoms with E-state index in [9.17, 15) is 13.2 Å². The Hall–Kier alpha value is -1.81. The van der Waals surface area contributed by atoms with Gasteiger partial charge < -0.3 is 4.74 Å². The topological polar surface area (TPSA) is 88.6 Å². The third-order valence-corrected chi connectivity index (χ3v) is 8.09. The highest BCUT2D eigenvalue weighted by molar-refractivity contribution is 7.89. The number of nitrogens with one attached hydrogen (secondary N) is 1. The lowest BCUT2D eigenvalue weighted by Gasteiger charge is -2.26. The first-order valence-electron chi connectivity index (χ1n) is 9.33. The van der Waals surface area contributed by atoms with Gasteiger partial charge in [0.25, 0.3) is 5.91 Å². The molecule has 2 aliphatic rings. The Balaban J connectivity index is 1.52. The molecule has 1 aromatic carbocycles. The second kappa shape index (κ2) is 7.55. The van der Waals surface area contributed by atoms with Crippen molar-refractivity contribution in [3.63, 3.8) is 0 Å². The second-order valence-electron chi connectivity index (χ2n) is 7.24. The normalized spacial score (nSPS) is 20.1. The molecule has 1 atom stereocenters. The van der Waals surface area contributed by atoms with Crippen molar-refractivity contribution in [2.24, 2.45) is 0 Å². The summed E-state index contributed by atoms with van der Waals surface area (Å²) < 4.78 is 33.2. The van der Waals surface area contributed by atoms with Crippen molar-refractivity contribution in [3.8, 4) is 0 Å². The van der Waals surface area contributed by atoms with E-state index in [0.29, 0.717) is 29.6 Å². The lowest BCUT2D eigenvalue weighted by molar-refractivity contribution is -0.124. The van der Waals surface area contributed by atoms with Crippen LogP contribution < -0.4 is 5.32 Å². The number of thiazole rings is 1. The van der Waals surface area contributed by atoms with Gasteiger partial charge in [0.1, 0.15) is 6.10 Å². The summed E-state index contributed by atoms with van der Waals surface area (Å²) in [5.41, 5.74) is 2.52. The summed E-state index contributed by atoms with van der Waals surface area (Å²) in [5, 5.41) is 3.33. The standard InChI is InChI=1S/C19H23N3O4S2/c1-12-5-6-13(2)17(10-12)28(24,25)22-8-7-14-16(11-22)27-19(20-14)21-18(23)15-4-3-9-26-15/h5-6,10,15H,3-4,7-9,11H2,1-2H3,(H,20,21,23). The largest absolute Gasteiger partial charge is 0.368 e. The zero-order chi connectivity index (χ0) is 19.9. The van der Waals surface area contributed by atoms with Gasteiger partial charge in [0.15, 0.2) is 5.13 Å². The van der Waals surface area contributed by atoms with Gasteiger partial charge in [-0.3, -0.25) is 10.1 Å². The van der Waals surface area contributed by atoms with Gasteiger partial charge in [-0.15, -0.1) is 11.3 Å². The van der Waals surface area contributed by atoms with E-state index in [1.807, 2.05) is 26.0 Å². The number of sulfonamides is 1. The van der Waals surface area contributed by atoms with Gasteiger partial charge in [-0.2, -0.15) is 4.31 Å². The fourth-order valence-corrected chi connectivity index (χ4v) is 6.35. The number of aryl methyl sites for hydroxylation is 2. The van der Waals surface area contributed by atoms with Gasteiger partial charge >= 0.3 is 0 Å². The third-order valence-electron chi connectivity index (χ3n) is 5.11. The zero-order valence-electron chi connectivity index (χ0n) is 15.9. The highest BCUT2D eigenvalue weighted by Gasteiger charge is 2.32. The molecule has 1 saturated heterocycles. The second-order valence-corrected chi connectivity index (χ2v) is 10.2. The summed E-state index contributed by atoms with van der Waals surface area (Å²) in [6, 6.07) is 5.47. The molecular formula is C19H23N3O4S2. The van der Waals surface area contributed by atoms with Gasteiger partial charge in [-0.1, -0.05) is 12.1 Å². The fraction of sp³-hybridized carbons (Fsp3) is 0.474. The maximum atomic E-state index is 13.2. The van der Waals surface area contributed by atoms with Crippen LogP contribution in [-0.4, -0.2) is 42.9 Å². The number of rotatable bonds is 4. The molecule has 2 aromatic rings. The first kappa shape index (κ1) is 19.5. The van der Waals surface area contributed by atoms with Crippen LogP contribution in [0.3, 0.4) is 0 Å². The SMILES string of the molecule is Cc1ccc(C)c(S(=O)(=O)N2CCc3nc(NC(=O)C4CCCO4)sc3C2)c1. The highest BCUT2D eigenvalue weighted by atomic mass is 32.2. The molecular weight excluding hydrogens is 398 g/mol. The molecule has 2 aliphatic heterocycles. The van der Waals surface area contributed by atoms with Crippen molar-refractivity contribution < 1.29 is 17.9 Å². The van der Waals surface area contributed by atoms with Crippen LogP contribution in [0.15, 0.2) is 23.1 Å². The fourth-order valence-electron chi connectivity index (χ4n) is 3.53. The van der Waals surface area contributed by atoms with E-state index >= 15 is 0 Å². The number of carbonyl (C=O) groups excluding carboxylic acids is 1. The van der Waals surface area contributed by atoms with Gasteiger partial charge in [-0.05, 0) is 43.9 Å². The van der Waals surface area contributed by atoms with E-state index in [1.165, 1.54) is 15.6 Å². The predicted molar refractivity (Wildman–Crippen MR) is 107 cm³/mol. The van der Waals surface area contributed by atoms with E-state index in [1.54, 1.807) is 6.07 Å². The average Bonchev–Trinajstić information content (AvgIpc) is 3.32. The summed E-state index contributed by atoms with van der Waals surface area (Å²) in [6.45, 7) is 4.97. The van der Waals surface area contributed by atoms with Gasteiger partial charge in [-0.25, -0.2) is 13.4 Å². The first-order chi connectivity index (χ1) is 13.3. The molecule has 7 nitrogen and oxygen atoms in total. The Labute approximate surface area is 168 Å². The number of carbonyl (C=O) groups is 1.